The van der Waals surface area contributed by atoms with E-state index in [4.69, 9.17) is 9.47 Å². The highest BCUT2D eigenvalue weighted by molar-refractivity contribution is 7.99. The summed E-state index contributed by atoms with van der Waals surface area (Å²) in [6, 6.07) is 12.9. The number of likely N-dealkylation sites (tertiary alicyclic amines) is 1. The minimum Gasteiger partial charge on any atom is -0.392 e. The second-order valence-corrected chi connectivity index (χ2v) is 11.0. The van der Waals surface area contributed by atoms with E-state index in [-0.39, 0.29) is 31.8 Å². The highest BCUT2D eigenvalue weighted by Crippen LogP contribution is 2.39. The molecule has 2 amide bonds. The SMILES string of the molecule is Cn1nnnc1SCC1CC(c2ccc(CO)cc2)OC(c2ccc(NC(=O)C3CCCN3C(=O)C(F)(F)F)cc2)O1. The van der Waals surface area contributed by atoms with Crippen LogP contribution >= 0.6 is 11.8 Å². The molecule has 0 bridgehead atoms. The lowest BCUT2D eigenvalue weighted by Crippen LogP contribution is -2.48. The number of tetrazole rings is 1. The molecule has 2 aliphatic heterocycles. The van der Waals surface area contributed by atoms with E-state index in [1.54, 1.807) is 36.0 Å². The van der Waals surface area contributed by atoms with E-state index in [2.05, 4.69) is 20.8 Å². The van der Waals surface area contributed by atoms with Crippen molar-refractivity contribution in [1.82, 2.24) is 25.1 Å². The number of aliphatic hydroxyl groups excluding tert-OH is 1. The molecule has 2 fully saturated rings. The van der Waals surface area contributed by atoms with Crippen LogP contribution in [0.15, 0.2) is 53.7 Å². The topological polar surface area (TPSA) is 132 Å². The van der Waals surface area contributed by atoms with Gasteiger partial charge in [-0.2, -0.15) is 13.2 Å². The number of halogens is 3. The van der Waals surface area contributed by atoms with E-state index in [1.807, 2.05) is 24.3 Å². The van der Waals surface area contributed by atoms with Gasteiger partial charge >= 0.3 is 12.1 Å². The van der Waals surface area contributed by atoms with E-state index in [9.17, 15) is 27.9 Å². The molecule has 0 spiro atoms. The molecule has 4 atom stereocenters. The van der Waals surface area contributed by atoms with Crippen LogP contribution in [0.2, 0.25) is 0 Å². The molecule has 2 aliphatic rings. The number of nitrogens with one attached hydrogen (secondary N) is 1. The number of carbonyl (C=O) groups is 2. The molecule has 1 aromatic heterocycles. The van der Waals surface area contributed by atoms with Crippen molar-refractivity contribution in [3.63, 3.8) is 0 Å². The van der Waals surface area contributed by atoms with Crippen LogP contribution in [0.1, 0.15) is 48.3 Å². The zero-order valence-electron chi connectivity index (χ0n) is 22.5. The quantitative estimate of drug-likeness (QED) is 0.370. The van der Waals surface area contributed by atoms with Crippen molar-refractivity contribution in [3.8, 4) is 0 Å². The fourth-order valence-electron chi connectivity index (χ4n) is 4.93. The van der Waals surface area contributed by atoms with Gasteiger partial charge in [0.05, 0.1) is 18.8 Å². The number of rotatable bonds is 8. The van der Waals surface area contributed by atoms with Gasteiger partial charge in [0.2, 0.25) is 11.1 Å². The molecular weight excluding hydrogens is 577 g/mol. The van der Waals surface area contributed by atoms with Gasteiger partial charge in [0.1, 0.15) is 6.04 Å². The predicted octanol–water partition coefficient (Wildman–Crippen LogP) is 3.53. The summed E-state index contributed by atoms with van der Waals surface area (Å²) in [6.07, 6.45) is -5.29. The van der Waals surface area contributed by atoms with Gasteiger partial charge in [-0.05, 0) is 46.5 Å². The minimum absolute atomic E-state index is 0.0666. The summed E-state index contributed by atoms with van der Waals surface area (Å²) in [4.78, 5) is 25.1. The van der Waals surface area contributed by atoms with E-state index in [0.717, 1.165) is 11.1 Å². The Labute approximate surface area is 243 Å². The third-order valence-electron chi connectivity index (χ3n) is 7.10. The molecule has 224 valence electrons. The minimum atomic E-state index is -5.04. The largest absolute Gasteiger partial charge is 0.471 e. The van der Waals surface area contributed by atoms with Crippen LogP contribution in [-0.4, -0.2) is 72.6 Å². The normalized spacial score (nSPS) is 22.7. The van der Waals surface area contributed by atoms with Crippen LogP contribution in [0.3, 0.4) is 0 Å². The summed E-state index contributed by atoms with van der Waals surface area (Å²) >= 11 is 1.45. The first kappa shape index (κ1) is 29.9. The van der Waals surface area contributed by atoms with E-state index in [1.165, 1.54) is 11.8 Å². The molecule has 0 radical (unpaired) electrons. The molecule has 11 nitrogen and oxygen atoms in total. The van der Waals surface area contributed by atoms with E-state index >= 15 is 0 Å². The number of amides is 2. The third-order valence-corrected chi connectivity index (χ3v) is 8.25. The van der Waals surface area contributed by atoms with Gasteiger partial charge in [-0.1, -0.05) is 48.2 Å². The van der Waals surface area contributed by atoms with Crippen LogP contribution < -0.4 is 5.32 Å². The summed E-state index contributed by atoms with van der Waals surface area (Å²) in [5.74, 6) is -2.13. The second-order valence-electron chi connectivity index (χ2n) is 10.0. The molecule has 3 heterocycles. The Morgan fingerprint density at radius 2 is 1.81 bits per heavy atom. The van der Waals surface area contributed by atoms with Crippen molar-refractivity contribution in [1.29, 1.82) is 0 Å². The molecule has 4 unspecified atom stereocenters. The van der Waals surface area contributed by atoms with E-state index in [0.29, 0.717) is 39.9 Å². The summed E-state index contributed by atoms with van der Waals surface area (Å²) in [5.41, 5.74) is 2.75. The Hall–Kier alpha value is -3.53. The van der Waals surface area contributed by atoms with Crippen LogP contribution in [0, 0.1) is 0 Å². The average Bonchev–Trinajstić information content (AvgIpc) is 3.64. The van der Waals surface area contributed by atoms with Gasteiger partial charge in [-0.15, -0.1) is 5.10 Å². The van der Waals surface area contributed by atoms with Crippen molar-refractivity contribution in [3.05, 3.63) is 65.2 Å². The maximum atomic E-state index is 13.0. The first-order valence-corrected chi connectivity index (χ1v) is 14.3. The van der Waals surface area contributed by atoms with Crippen LogP contribution in [0.25, 0.3) is 0 Å². The molecule has 5 rings (SSSR count). The fourth-order valence-corrected chi connectivity index (χ4v) is 5.80. The monoisotopic (exact) mass is 606 g/mol. The number of aliphatic hydroxyl groups is 1. The molecule has 3 aromatic rings. The van der Waals surface area contributed by atoms with Gasteiger partial charge in [-0.3, -0.25) is 9.59 Å². The molecule has 42 heavy (non-hydrogen) atoms. The number of aryl methyl sites for hydroxylation is 1. The number of aromatic nitrogens is 4. The van der Waals surface area contributed by atoms with Gasteiger partial charge in [-0.25, -0.2) is 4.68 Å². The van der Waals surface area contributed by atoms with Crippen molar-refractivity contribution in [2.45, 2.75) is 61.7 Å². The Kier molecular flexibility index (Phi) is 9.11. The highest BCUT2D eigenvalue weighted by atomic mass is 32.2. The first-order chi connectivity index (χ1) is 20.1. The number of anilines is 1. The Balaban J connectivity index is 1.28. The third kappa shape index (κ3) is 6.91. The number of alkyl halides is 3. The number of benzene rings is 2. The number of carbonyl (C=O) groups excluding carboxylic acids is 2. The Bertz CT molecular complexity index is 1390. The lowest BCUT2D eigenvalue weighted by molar-refractivity contribution is -0.245. The van der Waals surface area contributed by atoms with Gasteiger partial charge in [0.15, 0.2) is 6.29 Å². The van der Waals surface area contributed by atoms with Crippen molar-refractivity contribution in [2.75, 3.05) is 17.6 Å². The number of ether oxygens (including phenoxy) is 2. The van der Waals surface area contributed by atoms with E-state index < -0.39 is 30.3 Å². The molecular formula is C27H29F3N6O5S. The first-order valence-electron chi connectivity index (χ1n) is 13.3. The lowest BCUT2D eigenvalue weighted by atomic mass is 10.0. The average molecular weight is 607 g/mol. The van der Waals surface area contributed by atoms with Crippen LogP contribution in [0.4, 0.5) is 18.9 Å². The van der Waals surface area contributed by atoms with Gasteiger partial charge in [0, 0.05) is 37.0 Å². The lowest BCUT2D eigenvalue weighted by Gasteiger charge is -2.36. The highest BCUT2D eigenvalue weighted by Gasteiger charge is 2.47. The Morgan fingerprint density at radius 1 is 1.10 bits per heavy atom. The molecule has 2 N–H and O–H groups in total. The number of hydrogen-bond acceptors (Lipinski definition) is 9. The standard InChI is InChI=1S/C27H29F3N6O5S/c1-35-26(32-33-34-35)42-15-20-13-22(17-6-4-16(14-37)5-7-17)41-24(40-20)18-8-10-19(11-9-18)31-23(38)21-3-2-12-36(21)25(39)27(28,29)30/h4-11,20-22,24,37H,2-3,12-15H2,1H3,(H,31,38). The zero-order valence-corrected chi connectivity index (χ0v) is 23.3. The molecule has 0 aliphatic carbocycles. The van der Waals surface area contributed by atoms with Crippen molar-refractivity contribution < 1.29 is 37.3 Å². The number of hydrogen-bond donors (Lipinski definition) is 2. The molecule has 2 saturated heterocycles. The number of thioether (sulfide) groups is 1. The molecule has 2 aromatic carbocycles. The smallest absolute Gasteiger partial charge is 0.392 e. The zero-order chi connectivity index (χ0) is 29.9. The van der Waals surface area contributed by atoms with Crippen molar-refractivity contribution in [2.24, 2.45) is 7.05 Å². The van der Waals surface area contributed by atoms with Gasteiger partial charge in [0.25, 0.3) is 0 Å². The molecule has 0 saturated carbocycles. The van der Waals surface area contributed by atoms with Crippen LogP contribution in [-0.2, 0) is 32.7 Å². The summed E-state index contributed by atoms with van der Waals surface area (Å²) in [5, 5.41) is 24.2. The maximum absolute atomic E-state index is 13.0. The predicted molar refractivity (Wildman–Crippen MR) is 144 cm³/mol. The number of nitrogens with zero attached hydrogens (tertiary/aromatic N) is 5. The van der Waals surface area contributed by atoms with Crippen molar-refractivity contribution >= 4 is 29.3 Å². The summed E-state index contributed by atoms with van der Waals surface area (Å²) < 4.78 is 53.0. The van der Waals surface area contributed by atoms with Crippen LogP contribution in [0.5, 0.6) is 0 Å². The maximum Gasteiger partial charge on any atom is 0.471 e. The summed E-state index contributed by atoms with van der Waals surface area (Å²) in [7, 11) is 1.75. The second kappa shape index (κ2) is 12.8. The summed E-state index contributed by atoms with van der Waals surface area (Å²) in [6.45, 7) is -0.189. The molecule has 15 heteroatoms. The van der Waals surface area contributed by atoms with Gasteiger partial charge < -0.3 is 24.8 Å². The fraction of sp³-hybridized carbons (Fsp3) is 0.444. The Morgan fingerprint density at radius 3 is 2.45 bits per heavy atom.